The molecule has 3 rings (SSSR count). The lowest BCUT2D eigenvalue weighted by Crippen LogP contribution is -2.25. The van der Waals surface area contributed by atoms with E-state index >= 15 is 0 Å². The fourth-order valence-corrected chi connectivity index (χ4v) is 2.74. The Labute approximate surface area is 133 Å². The summed E-state index contributed by atoms with van der Waals surface area (Å²) in [7, 11) is 0. The van der Waals surface area contributed by atoms with Crippen molar-refractivity contribution in [3.63, 3.8) is 0 Å². The molecule has 0 radical (unpaired) electrons. The third kappa shape index (κ3) is 3.71. The van der Waals surface area contributed by atoms with Crippen molar-refractivity contribution in [1.82, 2.24) is 14.9 Å². The van der Waals surface area contributed by atoms with Gasteiger partial charge in [-0.1, -0.05) is 12.8 Å². The molecule has 1 fully saturated rings. The van der Waals surface area contributed by atoms with E-state index in [0.717, 1.165) is 37.2 Å². The van der Waals surface area contributed by atoms with E-state index in [1.54, 1.807) is 18.3 Å². The molecule has 8 nitrogen and oxygen atoms in total. The van der Waals surface area contributed by atoms with Gasteiger partial charge in [0.25, 0.3) is 5.69 Å². The minimum Gasteiger partial charge on any atom is -0.371 e. The van der Waals surface area contributed by atoms with E-state index in [1.165, 1.54) is 30.2 Å². The van der Waals surface area contributed by atoms with Gasteiger partial charge >= 0.3 is 0 Å². The lowest BCUT2D eigenvalue weighted by atomic mass is 10.1. The van der Waals surface area contributed by atoms with Gasteiger partial charge in [0, 0.05) is 36.5 Å². The molecule has 2 heterocycles. The molecule has 1 aliphatic heterocycles. The van der Waals surface area contributed by atoms with E-state index in [4.69, 9.17) is 0 Å². The van der Waals surface area contributed by atoms with E-state index in [9.17, 15) is 10.1 Å². The highest BCUT2D eigenvalue weighted by Crippen LogP contribution is 2.26. The zero-order valence-corrected chi connectivity index (χ0v) is 12.7. The first-order chi connectivity index (χ1) is 11.2. The molecule has 2 aromatic rings. The van der Waals surface area contributed by atoms with Gasteiger partial charge in [-0.2, -0.15) is 5.10 Å². The molecule has 0 unspecified atom stereocenters. The summed E-state index contributed by atoms with van der Waals surface area (Å²) in [6.45, 7) is 1.93. The first kappa shape index (κ1) is 15.1. The Kier molecular flexibility index (Phi) is 4.60. The quantitative estimate of drug-likeness (QED) is 0.491. The van der Waals surface area contributed by atoms with Crippen LogP contribution in [0.2, 0.25) is 0 Å². The van der Waals surface area contributed by atoms with Crippen LogP contribution in [-0.4, -0.2) is 39.1 Å². The summed E-state index contributed by atoms with van der Waals surface area (Å²) in [6, 6.07) is 4.93. The van der Waals surface area contributed by atoms with Gasteiger partial charge in [-0.15, -0.1) is 10.2 Å². The predicted molar refractivity (Wildman–Crippen MR) is 86.8 cm³/mol. The molecule has 23 heavy (non-hydrogen) atoms. The number of non-ortho nitro benzene ring substituents is 1. The average Bonchev–Trinajstić information content (AvgIpc) is 2.93. The van der Waals surface area contributed by atoms with Crippen molar-refractivity contribution in [3.8, 4) is 0 Å². The summed E-state index contributed by atoms with van der Waals surface area (Å²) in [5.74, 6) is 0. The molecule has 1 saturated heterocycles. The number of nitro benzene ring substituents is 1. The zero-order valence-electron chi connectivity index (χ0n) is 12.7. The van der Waals surface area contributed by atoms with Gasteiger partial charge in [0.15, 0.2) is 0 Å². The van der Waals surface area contributed by atoms with E-state index < -0.39 is 0 Å². The Hall–Kier alpha value is -2.77. The second-order valence-electron chi connectivity index (χ2n) is 5.49. The van der Waals surface area contributed by atoms with Crippen LogP contribution in [0.25, 0.3) is 0 Å². The van der Waals surface area contributed by atoms with Crippen molar-refractivity contribution in [3.05, 3.63) is 46.5 Å². The van der Waals surface area contributed by atoms with Crippen LogP contribution in [0.3, 0.4) is 0 Å². The highest BCUT2D eigenvalue weighted by Gasteiger charge is 2.16. The van der Waals surface area contributed by atoms with E-state index in [2.05, 4.69) is 20.2 Å². The molecule has 0 N–H and O–H groups in total. The maximum absolute atomic E-state index is 11.1. The summed E-state index contributed by atoms with van der Waals surface area (Å²) < 4.78 is 1.46. The number of hydrogen-bond acceptors (Lipinski definition) is 6. The third-order valence-corrected chi connectivity index (χ3v) is 3.91. The van der Waals surface area contributed by atoms with Crippen LogP contribution >= 0.6 is 0 Å². The van der Waals surface area contributed by atoms with Crippen LogP contribution in [0.15, 0.2) is 36.0 Å². The van der Waals surface area contributed by atoms with Crippen molar-refractivity contribution in [2.75, 3.05) is 18.0 Å². The first-order valence-electron chi connectivity index (χ1n) is 7.66. The maximum Gasteiger partial charge on any atom is 0.270 e. The van der Waals surface area contributed by atoms with Crippen LogP contribution in [0.4, 0.5) is 11.4 Å². The molecular formula is C15H18N6O2. The van der Waals surface area contributed by atoms with Gasteiger partial charge in [0.1, 0.15) is 12.7 Å². The van der Waals surface area contributed by atoms with Crippen molar-refractivity contribution in [1.29, 1.82) is 0 Å². The number of nitro groups is 1. The fourth-order valence-electron chi connectivity index (χ4n) is 2.74. The molecule has 120 valence electrons. The smallest absolute Gasteiger partial charge is 0.270 e. The SMILES string of the molecule is O=[N+]([O-])c1ccc(N2CCCCCC2)c(/C=N\n2cnnc2)c1. The van der Waals surface area contributed by atoms with E-state index in [0.29, 0.717) is 0 Å². The summed E-state index contributed by atoms with van der Waals surface area (Å²) in [4.78, 5) is 12.9. The minimum atomic E-state index is -0.387. The third-order valence-electron chi connectivity index (χ3n) is 3.91. The van der Waals surface area contributed by atoms with Crippen LogP contribution in [0.5, 0.6) is 0 Å². The number of aromatic nitrogens is 3. The number of nitrogens with zero attached hydrogens (tertiary/aromatic N) is 6. The molecule has 1 aromatic heterocycles. The first-order valence-corrected chi connectivity index (χ1v) is 7.66. The molecule has 1 aromatic carbocycles. The standard InChI is InChI=1S/C15H18N6O2/c22-21(23)14-5-6-15(19-7-3-1-2-4-8-19)13(9-14)10-18-20-11-16-17-12-20/h5-6,9-12H,1-4,7-8H2/b18-10-. The number of benzene rings is 1. The van der Waals surface area contributed by atoms with Crippen LogP contribution < -0.4 is 4.90 Å². The molecule has 0 spiro atoms. The monoisotopic (exact) mass is 314 g/mol. The number of anilines is 1. The molecule has 1 aliphatic rings. The van der Waals surface area contributed by atoms with Crippen LogP contribution in [-0.2, 0) is 0 Å². The maximum atomic E-state index is 11.1. The molecular weight excluding hydrogens is 296 g/mol. The van der Waals surface area contributed by atoms with E-state index in [1.807, 2.05) is 6.07 Å². The van der Waals surface area contributed by atoms with Crippen LogP contribution in [0, 0.1) is 10.1 Å². The Morgan fingerprint density at radius 2 is 1.83 bits per heavy atom. The van der Waals surface area contributed by atoms with Gasteiger partial charge in [-0.3, -0.25) is 10.1 Å². The molecule has 0 amide bonds. The Morgan fingerprint density at radius 3 is 2.48 bits per heavy atom. The fraction of sp³-hybridized carbons (Fsp3) is 0.400. The molecule has 0 bridgehead atoms. The molecule has 0 atom stereocenters. The lowest BCUT2D eigenvalue weighted by molar-refractivity contribution is -0.384. The largest absolute Gasteiger partial charge is 0.371 e. The minimum absolute atomic E-state index is 0.0637. The van der Waals surface area contributed by atoms with Crippen molar-refractivity contribution in [2.45, 2.75) is 25.7 Å². The summed E-state index contributed by atoms with van der Waals surface area (Å²) in [5.41, 5.74) is 1.78. The Bertz CT molecular complexity index is 690. The summed E-state index contributed by atoms with van der Waals surface area (Å²) in [6.07, 6.45) is 9.30. The molecule has 0 aliphatic carbocycles. The van der Waals surface area contributed by atoms with Gasteiger partial charge in [-0.25, -0.2) is 4.68 Å². The second-order valence-corrected chi connectivity index (χ2v) is 5.49. The van der Waals surface area contributed by atoms with E-state index in [-0.39, 0.29) is 10.6 Å². The van der Waals surface area contributed by atoms with Gasteiger partial charge in [0.2, 0.25) is 0 Å². The molecule has 8 heteroatoms. The van der Waals surface area contributed by atoms with Crippen molar-refractivity contribution >= 4 is 17.6 Å². The van der Waals surface area contributed by atoms with Crippen LogP contribution in [0.1, 0.15) is 31.2 Å². The summed E-state index contributed by atoms with van der Waals surface area (Å²) in [5, 5.41) is 22.7. The Balaban J connectivity index is 1.94. The lowest BCUT2D eigenvalue weighted by Gasteiger charge is -2.24. The van der Waals surface area contributed by atoms with Crippen molar-refractivity contribution < 1.29 is 4.92 Å². The van der Waals surface area contributed by atoms with Gasteiger partial charge in [-0.05, 0) is 18.9 Å². The number of rotatable bonds is 4. The highest BCUT2D eigenvalue weighted by molar-refractivity contribution is 5.89. The van der Waals surface area contributed by atoms with Gasteiger partial charge in [0.05, 0.1) is 11.1 Å². The molecule has 0 saturated carbocycles. The zero-order chi connectivity index (χ0) is 16.1. The summed E-state index contributed by atoms with van der Waals surface area (Å²) >= 11 is 0. The average molecular weight is 314 g/mol. The predicted octanol–water partition coefficient (Wildman–Crippen LogP) is 2.45. The highest BCUT2D eigenvalue weighted by atomic mass is 16.6. The normalized spacial score (nSPS) is 15.7. The van der Waals surface area contributed by atoms with Crippen molar-refractivity contribution in [2.24, 2.45) is 5.10 Å². The number of hydrogen-bond donors (Lipinski definition) is 0. The second kappa shape index (κ2) is 6.99. The Morgan fingerprint density at radius 1 is 1.13 bits per heavy atom. The van der Waals surface area contributed by atoms with Gasteiger partial charge < -0.3 is 4.90 Å². The topological polar surface area (TPSA) is 89.5 Å².